The molecular weight excluding hydrogens is 527 g/mol. The summed E-state index contributed by atoms with van der Waals surface area (Å²) >= 11 is 0. The van der Waals surface area contributed by atoms with Gasteiger partial charge in [0.1, 0.15) is 5.75 Å². The molecule has 1 unspecified atom stereocenters. The predicted octanol–water partition coefficient (Wildman–Crippen LogP) is 3.67. The number of benzene rings is 2. The van der Waals surface area contributed by atoms with Gasteiger partial charge in [0, 0.05) is 13.6 Å². The van der Waals surface area contributed by atoms with Crippen LogP contribution in [-0.2, 0) is 16.6 Å². The second-order valence-corrected chi connectivity index (χ2v) is 9.30. The summed E-state index contributed by atoms with van der Waals surface area (Å²) in [5.41, 5.74) is 2.07. The molecule has 0 saturated carbocycles. The monoisotopic (exact) mass is 560 g/mol. The molecule has 0 heterocycles. The van der Waals surface area contributed by atoms with Gasteiger partial charge in [0.05, 0.1) is 17.5 Å². The molecule has 2 aromatic carbocycles. The van der Waals surface area contributed by atoms with Crippen molar-refractivity contribution >= 4 is 40.0 Å². The highest BCUT2D eigenvalue weighted by molar-refractivity contribution is 14.0. The van der Waals surface area contributed by atoms with Gasteiger partial charge in [-0.3, -0.25) is 4.99 Å². The minimum absolute atomic E-state index is 0. The smallest absolute Gasteiger partial charge is 0.240 e. The first-order valence-electron chi connectivity index (χ1n) is 9.97. The van der Waals surface area contributed by atoms with E-state index in [0.717, 1.165) is 16.9 Å². The Bertz CT molecular complexity index is 930. The molecule has 0 aliphatic carbocycles. The second-order valence-electron chi connectivity index (χ2n) is 7.42. The van der Waals surface area contributed by atoms with Gasteiger partial charge in [-0.2, -0.15) is 0 Å². The van der Waals surface area contributed by atoms with E-state index < -0.39 is 10.0 Å². The summed E-state index contributed by atoms with van der Waals surface area (Å²) in [7, 11) is -0.312. The Morgan fingerprint density at radius 3 is 2.16 bits per heavy atom. The van der Waals surface area contributed by atoms with Crippen molar-refractivity contribution in [2.45, 2.75) is 38.3 Å². The highest BCUT2D eigenvalue weighted by Crippen LogP contribution is 2.18. The van der Waals surface area contributed by atoms with Gasteiger partial charge in [-0.25, -0.2) is 13.1 Å². The molecule has 9 heteroatoms. The molecule has 0 aliphatic heterocycles. The van der Waals surface area contributed by atoms with E-state index >= 15 is 0 Å². The van der Waals surface area contributed by atoms with Crippen molar-refractivity contribution in [1.29, 1.82) is 0 Å². The standard InChI is InChI=1S/C22H32N4O3S.HI/c1-16(2)15-29-20-10-8-19(9-11-20)17(3)26-22(23-4)25-14-18-6-12-21(13-7-18)30(27,28)24-5;/h6-13,16-17,24H,14-15H2,1-5H3,(H2,23,25,26);1H. The SMILES string of the molecule is CN=C(NCc1ccc(S(=O)(=O)NC)cc1)NC(C)c1ccc(OCC(C)C)cc1.I. The normalized spacial score (nSPS) is 12.8. The molecule has 0 spiro atoms. The predicted molar refractivity (Wildman–Crippen MR) is 137 cm³/mol. The number of hydrogen-bond acceptors (Lipinski definition) is 4. The summed E-state index contributed by atoms with van der Waals surface area (Å²) in [6, 6.07) is 14.8. The Kier molecular flexibility index (Phi) is 11.3. The van der Waals surface area contributed by atoms with Crippen molar-refractivity contribution in [2.75, 3.05) is 20.7 Å². The lowest BCUT2D eigenvalue weighted by atomic mass is 10.1. The molecule has 0 aliphatic rings. The van der Waals surface area contributed by atoms with Gasteiger partial charge < -0.3 is 15.4 Å². The first-order valence-corrected chi connectivity index (χ1v) is 11.5. The molecule has 0 aromatic heterocycles. The summed E-state index contributed by atoms with van der Waals surface area (Å²) in [4.78, 5) is 4.51. The molecule has 7 nitrogen and oxygen atoms in total. The molecule has 0 saturated heterocycles. The van der Waals surface area contributed by atoms with Crippen molar-refractivity contribution in [3.8, 4) is 5.75 Å². The van der Waals surface area contributed by atoms with Crippen LogP contribution in [0.2, 0.25) is 0 Å². The van der Waals surface area contributed by atoms with Crippen molar-refractivity contribution in [3.63, 3.8) is 0 Å². The quantitative estimate of drug-likeness (QED) is 0.247. The van der Waals surface area contributed by atoms with Crippen LogP contribution >= 0.6 is 24.0 Å². The lowest BCUT2D eigenvalue weighted by Gasteiger charge is -2.19. The Morgan fingerprint density at radius 2 is 1.65 bits per heavy atom. The maximum Gasteiger partial charge on any atom is 0.240 e. The van der Waals surface area contributed by atoms with Crippen LogP contribution in [-0.4, -0.2) is 35.1 Å². The fraction of sp³-hybridized carbons (Fsp3) is 0.409. The van der Waals surface area contributed by atoms with Crippen molar-refractivity contribution < 1.29 is 13.2 Å². The van der Waals surface area contributed by atoms with E-state index in [-0.39, 0.29) is 34.9 Å². The molecule has 2 aromatic rings. The minimum Gasteiger partial charge on any atom is -0.493 e. The molecule has 2 rings (SSSR count). The number of nitrogens with one attached hydrogen (secondary N) is 3. The molecular formula is C22H33IN4O3S. The van der Waals surface area contributed by atoms with Gasteiger partial charge in [-0.15, -0.1) is 24.0 Å². The molecule has 31 heavy (non-hydrogen) atoms. The molecule has 1 atom stereocenters. The number of rotatable bonds is 9. The highest BCUT2D eigenvalue weighted by Gasteiger charge is 2.11. The fourth-order valence-electron chi connectivity index (χ4n) is 2.69. The molecule has 0 bridgehead atoms. The topological polar surface area (TPSA) is 91.8 Å². The number of halogens is 1. The van der Waals surface area contributed by atoms with Crippen LogP contribution < -0.4 is 20.1 Å². The second kappa shape index (κ2) is 12.9. The van der Waals surface area contributed by atoms with Crippen LogP contribution in [0.15, 0.2) is 58.4 Å². The zero-order chi connectivity index (χ0) is 22.1. The first kappa shape index (κ1) is 27.2. The van der Waals surface area contributed by atoms with Gasteiger partial charge >= 0.3 is 0 Å². The molecule has 0 amide bonds. The van der Waals surface area contributed by atoms with Gasteiger partial charge in [-0.1, -0.05) is 38.1 Å². The number of nitrogens with zero attached hydrogens (tertiary/aromatic N) is 1. The maximum atomic E-state index is 11.8. The van der Waals surface area contributed by atoms with E-state index in [2.05, 4.69) is 41.1 Å². The number of ether oxygens (including phenoxy) is 1. The van der Waals surface area contributed by atoms with E-state index in [4.69, 9.17) is 4.74 Å². The fourth-order valence-corrected chi connectivity index (χ4v) is 3.42. The third kappa shape index (κ3) is 8.66. The average Bonchev–Trinajstić information content (AvgIpc) is 2.75. The Labute approximate surface area is 203 Å². The van der Waals surface area contributed by atoms with E-state index in [1.54, 1.807) is 31.3 Å². The summed E-state index contributed by atoms with van der Waals surface area (Å²) in [6.45, 7) is 7.53. The van der Waals surface area contributed by atoms with Crippen LogP contribution in [0.4, 0.5) is 0 Å². The van der Waals surface area contributed by atoms with E-state index in [1.807, 2.05) is 24.3 Å². The number of sulfonamides is 1. The van der Waals surface area contributed by atoms with E-state index in [1.165, 1.54) is 7.05 Å². The van der Waals surface area contributed by atoms with Crippen molar-refractivity contribution in [2.24, 2.45) is 10.9 Å². The highest BCUT2D eigenvalue weighted by atomic mass is 127. The summed E-state index contributed by atoms with van der Waals surface area (Å²) in [5.74, 6) is 2.02. The van der Waals surface area contributed by atoms with Gasteiger partial charge in [0.15, 0.2) is 5.96 Å². The minimum atomic E-state index is -3.42. The zero-order valence-corrected chi connectivity index (χ0v) is 21.8. The summed E-state index contributed by atoms with van der Waals surface area (Å²) < 4.78 is 31.6. The maximum absolute atomic E-state index is 11.8. The largest absolute Gasteiger partial charge is 0.493 e. The first-order chi connectivity index (χ1) is 14.2. The number of guanidine groups is 1. The zero-order valence-electron chi connectivity index (χ0n) is 18.7. The Hall–Kier alpha value is -1.85. The third-order valence-electron chi connectivity index (χ3n) is 4.50. The number of hydrogen-bond donors (Lipinski definition) is 3. The van der Waals surface area contributed by atoms with Crippen LogP contribution in [0.25, 0.3) is 0 Å². The summed E-state index contributed by atoms with van der Waals surface area (Å²) in [6.07, 6.45) is 0. The average molecular weight is 561 g/mol. The van der Waals surface area contributed by atoms with E-state index in [0.29, 0.717) is 25.0 Å². The number of aliphatic imine (C=N–C) groups is 1. The van der Waals surface area contributed by atoms with Crippen LogP contribution in [0.1, 0.15) is 37.9 Å². The third-order valence-corrected chi connectivity index (χ3v) is 5.93. The van der Waals surface area contributed by atoms with Crippen molar-refractivity contribution in [1.82, 2.24) is 15.4 Å². The molecule has 0 radical (unpaired) electrons. The molecule has 172 valence electrons. The summed E-state index contributed by atoms with van der Waals surface area (Å²) in [5, 5.41) is 6.61. The van der Waals surface area contributed by atoms with Crippen molar-refractivity contribution in [3.05, 3.63) is 59.7 Å². The lowest BCUT2D eigenvalue weighted by molar-refractivity contribution is 0.271. The van der Waals surface area contributed by atoms with Gasteiger partial charge in [0.2, 0.25) is 10.0 Å². The van der Waals surface area contributed by atoms with Gasteiger partial charge in [-0.05, 0) is 55.3 Å². The molecule has 0 fully saturated rings. The lowest BCUT2D eigenvalue weighted by Crippen LogP contribution is -2.38. The van der Waals surface area contributed by atoms with Crippen LogP contribution in [0, 0.1) is 5.92 Å². The van der Waals surface area contributed by atoms with Gasteiger partial charge in [0.25, 0.3) is 0 Å². The Morgan fingerprint density at radius 1 is 1.03 bits per heavy atom. The van der Waals surface area contributed by atoms with Crippen LogP contribution in [0.3, 0.4) is 0 Å². The van der Waals surface area contributed by atoms with E-state index in [9.17, 15) is 8.42 Å². The van der Waals surface area contributed by atoms with Crippen LogP contribution in [0.5, 0.6) is 5.75 Å². The Balaban J connectivity index is 0.00000480. The molecule has 3 N–H and O–H groups in total.